The normalized spacial score (nSPS) is 32.5. The number of hydroxylamine groups is 1. The Morgan fingerprint density at radius 2 is 1.88 bits per heavy atom. The summed E-state index contributed by atoms with van der Waals surface area (Å²) in [4.78, 5) is 17.0. The van der Waals surface area contributed by atoms with Gasteiger partial charge >= 0.3 is 0 Å². The molecule has 2 heterocycles. The molecule has 2 fully saturated rings. The van der Waals surface area contributed by atoms with E-state index in [1.54, 1.807) is 0 Å². The van der Waals surface area contributed by atoms with Crippen molar-refractivity contribution in [1.29, 1.82) is 0 Å². The minimum atomic E-state index is -0.317. The third-order valence-electron chi connectivity index (χ3n) is 3.52. The quantitative estimate of drug-likeness (QED) is 0.739. The minimum Gasteiger partial charge on any atom is -0.311 e. The van der Waals surface area contributed by atoms with Crippen LogP contribution in [0.25, 0.3) is 0 Å². The van der Waals surface area contributed by atoms with Gasteiger partial charge in [0.05, 0.1) is 5.60 Å². The molecule has 2 aliphatic heterocycles. The van der Waals surface area contributed by atoms with Crippen LogP contribution in [0.2, 0.25) is 0 Å². The van der Waals surface area contributed by atoms with Crippen LogP contribution in [0, 0.1) is 5.92 Å². The predicted molar refractivity (Wildman–Crippen MR) is 66.3 cm³/mol. The van der Waals surface area contributed by atoms with E-state index in [-0.39, 0.29) is 11.5 Å². The maximum atomic E-state index is 11.7. The average Bonchev–Trinajstić information content (AvgIpc) is 2.54. The molecule has 2 saturated heterocycles. The summed E-state index contributed by atoms with van der Waals surface area (Å²) in [6, 6.07) is 1.30. The molecular formula is C13H24N2O2. The second-order valence-corrected chi connectivity index (χ2v) is 6.42. The van der Waals surface area contributed by atoms with Crippen molar-refractivity contribution in [3.63, 3.8) is 0 Å². The highest BCUT2D eigenvalue weighted by atomic mass is 16.7. The lowest BCUT2D eigenvalue weighted by Gasteiger charge is -2.29. The number of hydrogen-bond acceptors (Lipinski definition) is 3. The highest BCUT2D eigenvalue weighted by Gasteiger charge is 2.34. The fraction of sp³-hybridized carbons (Fsp3) is 0.923. The maximum Gasteiger partial charge on any atom is 0.243 e. The van der Waals surface area contributed by atoms with Gasteiger partial charge < -0.3 is 5.32 Å². The first-order valence-corrected chi connectivity index (χ1v) is 6.65. The van der Waals surface area contributed by atoms with Crippen LogP contribution in [0.3, 0.4) is 0 Å². The summed E-state index contributed by atoms with van der Waals surface area (Å²) in [5.74, 6) is 0.545. The molecule has 98 valence electrons. The molecule has 0 saturated carbocycles. The van der Waals surface area contributed by atoms with Crippen molar-refractivity contribution in [3.05, 3.63) is 0 Å². The summed E-state index contributed by atoms with van der Waals surface area (Å²) in [7, 11) is 0. The zero-order valence-electron chi connectivity index (χ0n) is 11.1. The third kappa shape index (κ3) is 3.96. The molecule has 2 N–H and O–H groups in total. The van der Waals surface area contributed by atoms with E-state index in [1.165, 1.54) is 12.8 Å². The van der Waals surface area contributed by atoms with Crippen LogP contribution in [0.4, 0.5) is 0 Å². The van der Waals surface area contributed by atoms with Crippen LogP contribution in [-0.4, -0.2) is 23.6 Å². The molecule has 0 spiro atoms. The van der Waals surface area contributed by atoms with Crippen LogP contribution in [0.5, 0.6) is 0 Å². The molecule has 0 aromatic heterocycles. The van der Waals surface area contributed by atoms with Gasteiger partial charge in [-0.25, -0.2) is 5.48 Å². The fourth-order valence-electron chi connectivity index (χ4n) is 2.86. The number of nitrogens with one attached hydrogen (secondary N) is 2. The Bertz CT molecular complexity index is 274. The van der Waals surface area contributed by atoms with Crippen molar-refractivity contribution in [1.82, 2.24) is 10.8 Å². The monoisotopic (exact) mass is 240 g/mol. The van der Waals surface area contributed by atoms with Crippen LogP contribution < -0.4 is 10.8 Å². The molecule has 0 aromatic rings. The zero-order chi connectivity index (χ0) is 12.5. The van der Waals surface area contributed by atoms with Crippen molar-refractivity contribution in [2.45, 2.75) is 70.6 Å². The standard InChI is InChI=1S/C13H24N2O2/c1-13(2,3)17-15-12(16)8-9-6-10-4-5-11(7-9)14-10/h9-11,14H,4-8H2,1-3H3,(H,15,16). The maximum absolute atomic E-state index is 11.7. The van der Waals surface area contributed by atoms with Crippen LogP contribution in [0.1, 0.15) is 52.9 Å². The lowest BCUT2D eigenvalue weighted by molar-refractivity contribution is -0.146. The summed E-state index contributed by atoms with van der Waals surface area (Å²) in [5.41, 5.74) is 2.24. The SMILES string of the molecule is CC(C)(C)ONC(=O)CC1CC2CCC(C1)N2. The first-order valence-electron chi connectivity index (χ1n) is 6.65. The number of hydrogen-bond donors (Lipinski definition) is 2. The van der Waals surface area contributed by atoms with Gasteiger partial charge in [0.15, 0.2) is 0 Å². The Morgan fingerprint density at radius 3 is 2.41 bits per heavy atom. The van der Waals surface area contributed by atoms with Gasteiger partial charge in [-0.15, -0.1) is 0 Å². The lowest BCUT2D eigenvalue weighted by atomic mass is 9.89. The Morgan fingerprint density at radius 1 is 1.29 bits per heavy atom. The van der Waals surface area contributed by atoms with E-state index in [9.17, 15) is 4.79 Å². The van der Waals surface area contributed by atoms with Gasteiger partial charge in [-0.3, -0.25) is 9.63 Å². The predicted octanol–water partition coefficient (Wildman–Crippen LogP) is 1.75. The van der Waals surface area contributed by atoms with E-state index in [1.807, 2.05) is 20.8 Å². The molecule has 0 aliphatic carbocycles. The van der Waals surface area contributed by atoms with E-state index in [2.05, 4.69) is 10.8 Å². The van der Waals surface area contributed by atoms with Crippen LogP contribution in [-0.2, 0) is 9.63 Å². The summed E-state index contributed by atoms with van der Waals surface area (Å²) in [6.07, 6.45) is 5.44. The van der Waals surface area contributed by atoms with Gasteiger partial charge in [-0.1, -0.05) is 0 Å². The lowest BCUT2D eigenvalue weighted by Crippen LogP contribution is -2.40. The van der Waals surface area contributed by atoms with E-state index >= 15 is 0 Å². The minimum absolute atomic E-state index is 0.0197. The summed E-state index contributed by atoms with van der Waals surface area (Å²) in [5, 5.41) is 3.59. The molecule has 4 heteroatoms. The summed E-state index contributed by atoms with van der Waals surface area (Å²) in [6.45, 7) is 5.79. The smallest absolute Gasteiger partial charge is 0.243 e. The van der Waals surface area contributed by atoms with Crippen molar-refractivity contribution in [2.24, 2.45) is 5.92 Å². The Labute approximate surface area is 103 Å². The van der Waals surface area contributed by atoms with Crippen LogP contribution >= 0.6 is 0 Å². The van der Waals surface area contributed by atoms with Gasteiger partial charge in [-0.2, -0.15) is 0 Å². The number of carbonyl (C=O) groups excluding carboxylic acids is 1. The molecular weight excluding hydrogens is 216 g/mol. The number of amides is 1. The fourth-order valence-corrected chi connectivity index (χ4v) is 2.86. The summed E-state index contributed by atoms with van der Waals surface area (Å²) >= 11 is 0. The average molecular weight is 240 g/mol. The zero-order valence-corrected chi connectivity index (χ0v) is 11.1. The van der Waals surface area contributed by atoms with Crippen molar-refractivity contribution in [2.75, 3.05) is 0 Å². The number of fused-ring (bicyclic) bond motifs is 2. The second kappa shape index (κ2) is 4.94. The molecule has 1 amide bonds. The van der Waals surface area contributed by atoms with Gasteiger partial charge in [0.2, 0.25) is 5.91 Å². The Hall–Kier alpha value is -0.610. The first-order chi connectivity index (χ1) is 7.92. The molecule has 4 nitrogen and oxygen atoms in total. The van der Waals surface area contributed by atoms with Crippen LogP contribution in [0.15, 0.2) is 0 Å². The molecule has 17 heavy (non-hydrogen) atoms. The third-order valence-corrected chi connectivity index (χ3v) is 3.52. The van der Waals surface area contributed by atoms with E-state index in [0.717, 1.165) is 12.8 Å². The van der Waals surface area contributed by atoms with Gasteiger partial charge in [0, 0.05) is 18.5 Å². The highest BCUT2D eigenvalue weighted by molar-refractivity contribution is 5.75. The summed E-state index contributed by atoms with van der Waals surface area (Å²) < 4.78 is 0. The molecule has 0 radical (unpaired) electrons. The van der Waals surface area contributed by atoms with Crippen molar-refractivity contribution >= 4 is 5.91 Å². The topological polar surface area (TPSA) is 50.4 Å². The molecule has 2 aliphatic rings. The molecule has 2 bridgehead atoms. The van der Waals surface area contributed by atoms with Gasteiger partial charge in [0.1, 0.15) is 0 Å². The Balaban J connectivity index is 1.72. The molecule has 2 atom stereocenters. The van der Waals surface area contributed by atoms with Crippen molar-refractivity contribution in [3.8, 4) is 0 Å². The number of piperidine rings is 1. The Kier molecular flexibility index (Phi) is 3.73. The van der Waals surface area contributed by atoms with Gasteiger partial charge in [0.25, 0.3) is 0 Å². The van der Waals surface area contributed by atoms with Gasteiger partial charge in [-0.05, 0) is 52.4 Å². The molecule has 0 aromatic carbocycles. The first kappa shape index (κ1) is 12.8. The van der Waals surface area contributed by atoms with E-state index in [4.69, 9.17) is 4.84 Å². The molecule has 2 unspecified atom stereocenters. The largest absolute Gasteiger partial charge is 0.311 e. The highest BCUT2D eigenvalue weighted by Crippen LogP contribution is 2.32. The van der Waals surface area contributed by atoms with E-state index < -0.39 is 0 Å². The van der Waals surface area contributed by atoms with E-state index in [0.29, 0.717) is 24.4 Å². The number of carbonyl (C=O) groups is 1. The number of rotatable bonds is 3. The molecule has 2 rings (SSSR count). The van der Waals surface area contributed by atoms with Crippen molar-refractivity contribution < 1.29 is 9.63 Å². The second-order valence-electron chi connectivity index (χ2n) is 6.42.